The maximum absolute atomic E-state index is 9.85. The normalized spacial score (nSPS) is 10.3. The van der Waals surface area contributed by atoms with Crippen LogP contribution in [-0.4, -0.2) is 24.2 Å². The molecule has 8 heteroatoms. The molecule has 2 aromatic heterocycles. The van der Waals surface area contributed by atoms with Gasteiger partial charge >= 0.3 is 0 Å². The monoisotopic (exact) mass is 956 g/mol. The largest absolute Gasteiger partial charge is 0.493 e. The van der Waals surface area contributed by atoms with E-state index in [1.807, 2.05) is 59.3 Å². The van der Waals surface area contributed by atoms with Gasteiger partial charge in [0.25, 0.3) is 0 Å². The maximum atomic E-state index is 9.85. The van der Waals surface area contributed by atoms with E-state index in [1.165, 1.54) is 27.9 Å². The molecule has 0 atom stereocenters. The standard InChI is InChI=1S/C18H17N2O.C18H17N2S.2Ir/c2*1-12-9-13(2)17(14(3)10-12)20-11-16(21)19-18(20)15-7-5-4-6-8-15;;/h2*4-7,9-11,21H,1-3H3;;/q2*-1;;. The number of hydrogen-bond donors (Lipinski definition) is 2. The van der Waals surface area contributed by atoms with Crippen LogP contribution in [0.2, 0.25) is 0 Å². The Morgan fingerprint density at radius 3 is 1.43 bits per heavy atom. The van der Waals surface area contributed by atoms with Crippen LogP contribution >= 0.6 is 12.6 Å². The zero-order chi connectivity index (χ0) is 30.0. The Kier molecular flexibility index (Phi) is 12.1. The minimum Gasteiger partial charge on any atom is -0.493 e. The Balaban J connectivity index is 0.000000230. The smallest absolute Gasteiger partial charge is 0.219 e. The Hall–Kier alpha value is -3.25. The van der Waals surface area contributed by atoms with Gasteiger partial charge in [0, 0.05) is 57.8 Å². The van der Waals surface area contributed by atoms with Crippen LogP contribution in [0.3, 0.4) is 0 Å². The molecule has 6 rings (SSSR count). The van der Waals surface area contributed by atoms with Crippen LogP contribution in [0.1, 0.15) is 33.4 Å². The summed E-state index contributed by atoms with van der Waals surface area (Å²) in [7, 11) is 0. The molecule has 0 saturated heterocycles. The van der Waals surface area contributed by atoms with Crippen molar-refractivity contribution in [2.75, 3.05) is 0 Å². The second-order valence-electron chi connectivity index (χ2n) is 10.6. The molecule has 0 fully saturated rings. The van der Waals surface area contributed by atoms with Crippen molar-refractivity contribution < 1.29 is 45.3 Å². The molecule has 5 nitrogen and oxygen atoms in total. The summed E-state index contributed by atoms with van der Waals surface area (Å²) in [4.78, 5) is 8.81. The van der Waals surface area contributed by atoms with Gasteiger partial charge in [-0.3, -0.25) is 4.98 Å². The van der Waals surface area contributed by atoms with E-state index >= 15 is 0 Å². The van der Waals surface area contributed by atoms with Gasteiger partial charge in [0.15, 0.2) is 0 Å². The molecule has 0 bridgehead atoms. The maximum Gasteiger partial charge on any atom is 0.219 e. The van der Waals surface area contributed by atoms with E-state index in [0.717, 1.165) is 33.8 Å². The number of benzene rings is 4. The predicted octanol–water partition coefficient (Wildman–Crippen LogP) is 8.52. The van der Waals surface area contributed by atoms with Crippen molar-refractivity contribution in [2.45, 2.75) is 46.6 Å². The number of aromatic nitrogens is 4. The summed E-state index contributed by atoms with van der Waals surface area (Å²) in [5, 5.41) is 10.6. The molecule has 0 unspecified atom stereocenters. The molecular formula is C36H34Ir2N4OS-2. The summed E-state index contributed by atoms with van der Waals surface area (Å²) in [6.45, 7) is 12.6. The second kappa shape index (κ2) is 15.2. The molecule has 6 aromatic rings. The third-order valence-corrected chi connectivity index (χ3v) is 7.25. The second-order valence-corrected chi connectivity index (χ2v) is 11.1. The third kappa shape index (κ3) is 7.69. The van der Waals surface area contributed by atoms with Gasteiger partial charge in [-0.05, 0) is 63.8 Å². The minimum absolute atomic E-state index is 0. The fraction of sp³-hybridized carbons (Fsp3) is 0.167. The molecular weight excluding hydrogens is 921 g/mol. The number of rotatable bonds is 4. The van der Waals surface area contributed by atoms with Crippen LogP contribution in [0, 0.1) is 53.7 Å². The topological polar surface area (TPSA) is 55.9 Å². The molecule has 2 heterocycles. The Labute approximate surface area is 292 Å². The summed E-state index contributed by atoms with van der Waals surface area (Å²) < 4.78 is 4.05. The number of nitrogens with zero attached hydrogens (tertiary/aromatic N) is 4. The van der Waals surface area contributed by atoms with Crippen LogP contribution in [0.15, 0.2) is 90.2 Å². The van der Waals surface area contributed by atoms with Gasteiger partial charge in [-0.15, -0.1) is 84.4 Å². The summed E-state index contributed by atoms with van der Waals surface area (Å²) in [5.74, 6) is 1.58. The number of imidazole rings is 2. The van der Waals surface area contributed by atoms with Crippen LogP contribution in [0.4, 0.5) is 0 Å². The van der Waals surface area contributed by atoms with E-state index in [0.29, 0.717) is 10.9 Å². The van der Waals surface area contributed by atoms with Gasteiger partial charge in [0.1, 0.15) is 5.03 Å². The van der Waals surface area contributed by atoms with E-state index in [-0.39, 0.29) is 46.1 Å². The van der Waals surface area contributed by atoms with Gasteiger partial charge in [-0.25, -0.2) is 4.98 Å². The van der Waals surface area contributed by atoms with Gasteiger partial charge in [-0.2, -0.15) is 0 Å². The van der Waals surface area contributed by atoms with E-state index < -0.39 is 0 Å². The summed E-state index contributed by atoms with van der Waals surface area (Å²) in [6, 6.07) is 30.6. The fourth-order valence-corrected chi connectivity index (χ4v) is 5.84. The van der Waals surface area contributed by atoms with Crippen molar-refractivity contribution in [3.63, 3.8) is 0 Å². The Morgan fingerprint density at radius 1 is 0.614 bits per heavy atom. The van der Waals surface area contributed by atoms with E-state index in [4.69, 9.17) is 0 Å². The van der Waals surface area contributed by atoms with E-state index in [9.17, 15) is 5.11 Å². The number of thiol groups is 1. The molecule has 0 aliphatic heterocycles. The summed E-state index contributed by atoms with van der Waals surface area (Å²) in [5.41, 5.74) is 11.3. The molecule has 44 heavy (non-hydrogen) atoms. The van der Waals surface area contributed by atoms with Crippen molar-refractivity contribution in [1.82, 2.24) is 19.1 Å². The quantitative estimate of drug-likeness (QED) is 0.138. The molecule has 1 N–H and O–H groups in total. The molecule has 4 aromatic carbocycles. The van der Waals surface area contributed by atoms with Crippen molar-refractivity contribution in [3.8, 4) is 40.0 Å². The van der Waals surface area contributed by atoms with Crippen molar-refractivity contribution in [2.24, 2.45) is 0 Å². The number of aryl methyl sites for hydroxylation is 6. The average Bonchev–Trinajstić information content (AvgIpc) is 3.51. The summed E-state index contributed by atoms with van der Waals surface area (Å²) >= 11 is 4.42. The first-order chi connectivity index (χ1) is 20.1. The summed E-state index contributed by atoms with van der Waals surface area (Å²) in [6.07, 6.45) is 3.62. The molecule has 0 aliphatic rings. The molecule has 2 radical (unpaired) electrons. The molecule has 0 aliphatic carbocycles. The molecule has 230 valence electrons. The van der Waals surface area contributed by atoms with Crippen LogP contribution in [0.5, 0.6) is 5.88 Å². The van der Waals surface area contributed by atoms with Gasteiger partial charge in [0.05, 0.1) is 17.8 Å². The zero-order valence-corrected chi connectivity index (χ0v) is 31.1. The fourth-order valence-electron chi connectivity index (χ4n) is 5.63. The zero-order valence-electron chi connectivity index (χ0n) is 25.4. The van der Waals surface area contributed by atoms with Crippen LogP contribution in [0.25, 0.3) is 34.2 Å². The van der Waals surface area contributed by atoms with Crippen LogP contribution < -0.4 is 0 Å². The van der Waals surface area contributed by atoms with Gasteiger partial charge in [-0.1, -0.05) is 35.4 Å². The van der Waals surface area contributed by atoms with Crippen molar-refractivity contribution in [1.29, 1.82) is 0 Å². The van der Waals surface area contributed by atoms with Crippen molar-refractivity contribution >= 4 is 12.6 Å². The van der Waals surface area contributed by atoms with Crippen LogP contribution in [-0.2, 0) is 40.2 Å². The Bertz CT molecular complexity index is 1680. The molecule has 0 spiro atoms. The van der Waals surface area contributed by atoms with Gasteiger partial charge < -0.3 is 14.2 Å². The van der Waals surface area contributed by atoms with Crippen molar-refractivity contribution in [3.05, 3.63) is 131 Å². The third-order valence-electron chi connectivity index (χ3n) is 7.04. The first-order valence-electron chi connectivity index (χ1n) is 13.8. The van der Waals surface area contributed by atoms with E-state index in [1.54, 1.807) is 6.20 Å². The Morgan fingerprint density at radius 2 is 1.02 bits per heavy atom. The number of hydrogen-bond acceptors (Lipinski definition) is 4. The van der Waals surface area contributed by atoms with E-state index in [2.05, 4.69) is 105 Å². The SMILES string of the molecule is Cc1cc(C)c(-n2cc(O)nc2-c2[c-]cccc2)c(C)c1.Cc1cc(C)c(-n2cc(S)nc2-c2[c-]cccc2)c(C)c1.[Ir].[Ir]. The first kappa shape index (κ1) is 35.2. The molecule has 0 saturated carbocycles. The minimum atomic E-state index is 0. The number of aromatic hydroxyl groups is 1. The first-order valence-corrected chi connectivity index (χ1v) is 14.2. The van der Waals surface area contributed by atoms with Gasteiger partial charge in [0.2, 0.25) is 5.88 Å². The average molecular weight is 955 g/mol. The predicted molar refractivity (Wildman–Crippen MR) is 173 cm³/mol. The molecule has 0 amide bonds.